The van der Waals surface area contributed by atoms with E-state index < -0.39 is 12.1 Å². The maximum atomic E-state index is 10.4. The molecule has 0 bridgehead atoms. The lowest BCUT2D eigenvalue weighted by molar-refractivity contribution is -0.139. The molecule has 0 heterocycles. The number of aliphatic carboxylic acids is 1. The van der Waals surface area contributed by atoms with Crippen LogP contribution >= 0.6 is 0 Å². The lowest BCUT2D eigenvalue weighted by atomic mass is 10.1. The molecule has 1 unspecified atom stereocenters. The first kappa shape index (κ1) is 11.7. The maximum absolute atomic E-state index is 10.4. The Balaban J connectivity index is 2.66. The minimum atomic E-state index is -1.01. The molecule has 0 spiro atoms. The smallest absolute Gasteiger partial charge is 0.306 e. The molecule has 2 N–H and O–H groups in total. The summed E-state index contributed by atoms with van der Waals surface area (Å²) in [4.78, 5) is 10.4. The monoisotopic (exact) mass is 210 g/mol. The van der Waals surface area contributed by atoms with Gasteiger partial charge in [-0.15, -0.1) is 0 Å². The number of aliphatic hydroxyl groups is 1. The number of ether oxygens (including phenoxy) is 1. The van der Waals surface area contributed by atoms with Gasteiger partial charge in [-0.25, -0.2) is 0 Å². The van der Waals surface area contributed by atoms with E-state index >= 15 is 0 Å². The van der Waals surface area contributed by atoms with Gasteiger partial charge in [-0.3, -0.25) is 4.79 Å². The van der Waals surface area contributed by atoms with Crippen LogP contribution in [0.15, 0.2) is 24.3 Å². The Morgan fingerprint density at radius 1 is 1.40 bits per heavy atom. The second-order valence-electron chi connectivity index (χ2n) is 3.29. The molecule has 0 aromatic heterocycles. The van der Waals surface area contributed by atoms with Gasteiger partial charge in [0.2, 0.25) is 0 Å². The van der Waals surface area contributed by atoms with E-state index in [0.29, 0.717) is 12.2 Å². The molecule has 1 aromatic rings. The van der Waals surface area contributed by atoms with Gasteiger partial charge in [0, 0.05) is 7.11 Å². The third kappa shape index (κ3) is 3.69. The minimum Gasteiger partial charge on any atom is -0.481 e. The summed E-state index contributed by atoms with van der Waals surface area (Å²) in [5.41, 5.74) is 1.60. The molecule has 0 fully saturated rings. The van der Waals surface area contributed by atoms with Gasteiger partial charge in [-0.1, -0.05) is 24.3 Å². The standard InChI is InChI=1S/C11H14O4/c1-15-7-8-2-4-9(5-3-8)10(12)6-11(13)14/h2-5,10,12H,6-7H2,1H3,(H,13,14). The summed E-state index contributed by atoms with van der Waals surface area (Å²) in [5.74, 6) is -1.01. The Kier molecular flexibility index (Phi) is 4.27. The van der Waals surface area contributed by atoms with Gasteiger partial charge in [0.15, 0.2) is 0 Å². The lowest BCUT2D eigenvalue weighted by Crippen LogP contribution is -2.05. The molecular formula is C11H14O4. The number of carbonyl (C=O) groups is 1. The van der Waals surface area contributed by atoms with Crippen LogP contribution in [0.1, 0.15) is 23.7 Å². The van der Waals surface area contributed by atoms with Crippen molar-refractivity contribution in [1.29, 1.82) is 0 Å². The molecule has 82 valence electrons. The van der Waals surface area contributed by atoms with Crippen LogP contribution in [0.3, 0.4) is 0 Å². The van der Waals surface area contributed by atoms with Gasteiger partial charge in [0.25, 0.3) is 0 Å². The summed E-state index contributed by atoms with van der Waals surface area (Å²) in [6, 6.07) is 7.04. The minimum absolute atomic E-state index is 0.274. The van der Waals surface area contributed by atoms with Gasteiger partial charge < -0.3 is 14.9 Å². The Morgan fingerprint density at radius 3 is 2.47 bits per heavy atom. The SMILES string of the molecule is COCc1ccc(C(O)CC(=O)O)cc1. The molecule has 15 heavy (non-hydrogen) atoms. The first-order chi connectivity index (χ1) is 7.13. The highest BCUT2D eigenvalue weighted by Gasteiger charge is 2.11. The number of hydrogen-bond donors (Lipinski definition) is 2. The van der Waals surface area contributed by atoms with E-state index in [-0.39, 0.29) is 6.42 Å². The van der Waals surface area contributed by atoms with E-state index in [0.717, 1.165) is 5.56 Å². The van der Waals surface area contributed by atoms with Gasteiger partial charge in [0.1, 0.15) is 0 Å². The molecule has 0 radical (unpaired) electrons. The average molecular weight is 210 g/mol. The predicted octanol–water partition coefficient (Wildman–Crippen LogP) is 1.34. The summed E-state index contributed by atoms with van der Waals surface area (Å²) < 4.78 is 4.94. The van der Waals surface area contributed by atoms with Gasteiger partial charge in [-0.2, -0.15) is 0 Å². The third-order valence-electron chi connectivity index (χ3n) is 2.04. The first-order valence-electron chi connectivity index (χ1n) is 4.61. The molecule has 0 aliphatic heterocycles. The average Bonchev–Trinajstić information content (AvgIpc) is 2.18. The highest BCUT2D eigenvalue weighted by molar-refractivity contribution is 5.67. The van der Waals surface area contributed by atoms with Crippen LogP contribution in [0.25, 0.3) is 0 Å². The first-order valence-corrected chi connectivity index (χ1v) is 4.61. The van der Waals surface area contributed by atoms with Gasteiger partial charge in [-0.05, 0) is 11.1 Å². The van der Waals surface area contributed by atoms with Crippen molar-refractivity contribution in [3.8, 4) is 0 Å². The third-order valence-corrected chi connectivity index (χ3v) is 2.04. The van der Waals surface area contributed by atoms with Crippen molar-refractivity contribution in [3.05, 3.63) is 35.4 Å². The summed E-state index contributed by atoms with van der Waals surface area (Å²) >= 11 is 0. The van der Waals surface area contributed by atoms with Crippen molar-refractivity contribution in [2.24, 2.45) is 0 Å². The summed E-state index contributed by atoms with van der Waals surface area (Å²) in [5, 5.41) is 18.0. The number of rotatable bonds is 5. The normalized spacial score (nSPS) is 12.4. The van der Waals surface area contributed by atoms with Crippen molar-refractivity contribution in [2.75, 3.05) is 7.11 Å². The molecule has 1 aromatic carbocycles. The molecule has 0 amide bonds. The van der Waals surface area contributed by atoms with Crippen molar-refractivity contribution in [3.63, 3.8) is 0 Å². The van der Waals surface area contributed by atoms with Crippen LogP contribution in [0, 0.1) is 0 Å². The Morgan fingerprint density at radius 2 is 2.00 bits per heavy atom. The van der Waals surface area contributed by atoms with Crippen molar-refractivity contribution >= 4 is 5.97 Å². The van der Waals surface area contributed by atoms with E-state index in [2.05, 4.69) is 0 Å². The molecule has 1 rings (SSSR count). The maximum Gasteiger partial charge on any atom is 0.306 e. The van der Waals surface area contributed by atoms with Crippen LogP contribution < -0.4 is 0 Å². The van der Waals surface area contributed by atoms with Gasteiger partial charge in [0.05, 0.1) is 19.1 Å². The van der Waals surface area contributed by atoms with Crippen molar-refractivity contribution in [1.82, 2.24) is 0 Å². The highest BCUT2D eigenvalue weighted by atomic mass is 16.5. The predicted molar refractivity (Wildman–Crippen MR) is 54.4 cm³/mol. The Hall–Kier alpha value is -1.39. The van der Waals surface area contributed by atoms with E-state index in [1.54, 1.807) is 19.2 Å². The number of methoxy groups -OCH3 is 1. The fourth-order valence-electron chi connectivity index (χ4n) is 1.29. The summed E-state index contributed by atoms with van der Waals surface area (Å²) in [6.07, 6.45) is -1.22. The molecule has 0 aliphatic carbocycles. The van der Waals surface area contributed by atoms with Crippen LogP contribution in [0.5, 0.6) is 0 Å². The summed E-state index contributed by atoms with van der Waals surface area (Å²) in [6.45, 7) is 0.509. The largest absolute Gasteiger partial charge is 0.481 e. The van der Waals surface area contributed by atoms with Crippen LogP contribution in [-0.2, 0) is 16.1 Å². The van der Waals surface area contributed by atoms with Gasteiger partial charge >= 0.3 is 5.97 Å². The second-order valence-corrected chi connectivity index (χ2v) is 3.29. The zero-order chi connectivity index (χ0) is 11.3. The zero-order valence-corrected chi connectivity index (χ0v) is 8.51. The van der Waals surface area contributed by atoms with Crippen LogP contribution in [0.4, 0.5) is 0 Å². The molecule has 4 nitrogen and oxygen atoms in total. The fourth-order valence-corrected chi connectivity index (χ4v) is 1.29. The highest BCUT2D eigenvalue weighted by Crippen LogP contribution is 2.17. The molecule has 0 aliphatic rings. The number of carboxylic acids is 1. The van der Waals surface area contributed by atoms with E-state index in [1.807, 2.05) is 12.1 Å². The van der Waals surface area contributed by atoms with E-state index in [1.165, 1.54) is 0 Å². The topological polar surface area (TPSA) is 66.8 Å². The Labute approximate surface area is 88.1 Å². The van der Waals surface area contributed by atoms with Crippen LogP contribution in [0.2, 0.25) is 0 Å². The summed E-state index contributed by atoms with van der Waals surface area (Å²) in [7, 11) is 1.60. The van der Waals surface area contributed by atoms with E-state index in [4.69, 9.17) is 9.84 Å². The number of hydrogen-bond acceptors (Lipinski definition) is 3. The van der Waals surface area contributed by atoms with E-state index in [9.17, 15) is 9.90 Å². The quantitative estimate of drug-likeness (QED) is 0.769. The second kappa shape index (κ2) is 5.48. The van der Waals surface area contributed by atoms with Crippen molar-refractivity contribution in [2.45, 2.75) is 19.1 Å². The molecule has 0 saturated carbocycles. The number of aliphatic hydroxyl groups excluding tert-OH is 1. The van der Waals surface area contributed by atoms with Crippen LogP contribution in [-0.4, -0.2) is 23.3 Å². The zero-order valence-electron chi connectivity index (χ0n) is 8.51. The Bertz CT molecular complexity index is 318. The fraction of sp³-hybridized carbons (Fsp3) is 0.364. The number of benzene rings is 1. The number of carboxylic acid groups (broad SMARTS) is 1. The molecule has 0 saturated heterocycles. The van der Waals surface area contributed by atoms with Crippen molar-refractivity contribution < 1.29 is 19.7 Å². The molecule has 4 heteroatoms. The lowest BCUT2D eigenvalue weighted by Gasteiger charge is -2.08. The molecular weight excluding hydrogens is 196 g/mol. The molecule has 1 atom stereocenters.